The van der Waals surface area contributed by atoms with E-state index in [9.17, 15) is 4.79 Å². The summed E-state index contributed by atoms with van der Waals surface area (Å²) in [5, 5.41) is 13.0. The van der Waals surface area contributed by atoms with Crippen molar-refractivity contribution in [1.29, 1.82) is 0 Å². The summed E-state index contributed by atoms with van der Waals surface area (Å²) >= 11 is 0. The minimum atomic E-state index is -0.434. The molecule has 17 heavy (non-hydrogen) atoms. The molecule has 1 aromatic heterocycles. The van der Waals surface area contributed by atoms with E-state index in [-0.39, 0.29) is 18.4 Å². The topological polar surface area (TPSA) is 73.6 Å². The zero-order chi connectivity index (χ0) is 12.3. The summed E-state index contributed by atoms with van der Waals surface area (Å²) in [4.78, 5) is 11.5. The van der Waals surface area contributed by atoms with Crippen molar-refractivity contribution in [1.82, 2.24) is 9.78 Å². The highest BCUT2D eigenvalue weighted by molar-refractivity contribution is 5.87. The lowest BCUT2D eigenvalue weighted by molar-refractivity contribution is 0.0518. The molecule has 1 unspecified atom stereocenters. The van der Waals surface area contributed by atoms with Gasteiger partial charge >= 0.3 is 5.97 Å². The smallest absolute Gasteiger partial charge is 0.358 e. The third kappa shape index (κ3) is 2.58. The van der Waals surface area contributed by atoms with E-state index in [1.807, 2.05) is 0 Å². The molecule has 0 amide bonds. The van der Waals surface area contributed by atoms with Gasteiger partial charge in [0.2, 0.25) is 5.88 Å². The Kier molecular flexibility index (Phi) is 3.63. The molecule has 0 saturated heterocycles. The summed E-state index contributed by atoms with van der Waals surface area (Å²) in [6.45, 7) is 2.87. The van der Waals surface area contributed by atoms with E-state index >= 15 is 0 Å². The van der Waals surface area contributed by atoms with E-state index in [1.165, 1.54) is 0 Å². The fourth-order valence-corrected chi connectivity index (χ4v) is 1.80. The highest BCUT2D eigenvalue weighted by atomic mass is 16.5. The molecule has 0 bridgehead atoms. The number of nitrogens with zero attached hydrogens (tertiary/aromatic N) is 2. The van der Waals surface area contributed by atoms with E-state index in [1.54, 1.807) is 17.7 Å². The molecule has 1 N–H and O–H groups in total. The number of rotatable bonds is 4. The second kappa shape index (κ2) is 5.18. The second-order valence-electron chi connectivity index (χ2n) is 3.85. The molecule has 0 aromatic carbocycles. The summed E-state index contributed by atoms with van der Waals surface area (Å²) < 4.78 is 12.1. The van der Waals surface area contributed by atoms with Gasteiger partial charge in [-0.3, -0.25) is 0 Å². The van der Waals surface area contributed by atoms with Crippen LogP contribution in [0, 0.1) is 0 Å². The lowest BCUT2D eigenvalue weighted by atomic mass is 10.2. The summed E-state index contributed by atoms with van der Waals surface area (Å²) in [6.07, 6.45) is 1.39. The Hall–Kier alpha value is -1.56. The van der Waals surface area contributed by atoms with E-state index in [0.29, 0.717) is 25.5 Å². The Morgan fingerprint density at radius 2 is 2.59 bits per heavy atom. The first-order valence-corrected chi connectivity index (χ1v) is 5.77. The van der Waals surface area contributed by atoms with E-state index in [0.717, 1.165) is 6.42 Å². The average molecular weight is 240 g/mol. The van der Waals surface area contributed by atoms with Gasteiger partial charge in [0.15, 0.2) is 5.69 Å². The average Bonchev–Trinajstić information content (AvgIpc) is 2.73. The molecule has 1 aliphatic heterocycles. The molecule has 6 nitrogen and oxygen atoms in total. The predicted molar refractivity (Wildman–Crippen MR) is 58.9 cm³/mol. The van der Waals surface area contributed by atoms with Gasteiger partial charge < -0.3 is 14.6 Å². The van der Waals surface area contributed by atoms with Crippen LogP contribution in [0.25, 0.3) is 0 Å². The summed E-state index contributed by atoms with van der Waals surface area (Å²) in [5.74, 6) is 0.134. The summed E-state index contributed by atoms with van der Waals surface area (Å²) in [6, 6.07) is 1.58. The summed E-state index contributed by atoms with van der Waals surface area (Å²) in [7, 11) is 0. The molecule has 6 heteroatoms. The van der Waals surface area contributed by atoms with Crippen LogP contribution >= 0.6 is 0 Å². The van der Waals surface area contributed by atoms with Crippen molar-refractivity contribution in [2.75, 3.05) is 13.2 Å². The fourth-order valence-electron chi connectivity index (χ4n) is 1.80. The normalized spacial score (nSPS) is 18.4. The van der Waals surface area contributed by atoms with Crippen LogP contribution in [0.5, 0.6) is 5.88 Å². The number of hydrogen-bond acceptors (Lipinski definition) is 5. The van der Waals surface area contributed by atoms with Gasteiger partial charge in [0.1, 0.15) is 6.10 Å². The molecule has 2 heterocycles. The maximum atomic E-state index is 11.5. The third-order valence-corrected chi connectivity index (χ3v) is 2.63. The molecule has 1 aromatic rings. The van der Waals surface area contributed by atoms with Crippen LogP contribution < -0.4 is 4.74 Å². The van der Waals surface area contributed by atoms with E-state index < -0.39 is 5.97 Å². The van der Waals surface area contributed by atoms with Gasteiger partial charge in [0.25, 0.3) is 0 Å². The summed E-state index contributed by atoms with van der Waals surface area (Å²) in [5.41, 5.74) is 0.270. The molecule has 94 valence electrons. The second-order valence-corrected chi connectivity index (χ2v) is 3.85. The zero-order valence-corrected chi connectivity index (χ0v) is 9.76. The molecule has 0 radical (unpaired) electrons. The minimum absolute atomic E-state index is 0.000699. The first kappa shape index (κ1) is 11.9. The Labute approximate surface area is 99.1 Å². The Morgan fingerprint density at radius 1 is 1.76 bits per heavy atom. The van der Waals surface area contributed by atoms with Crippen LogP contribution in [-0.2, 0) is 11.3 Å². The molecule has 2 rings (SSSR count). The van der Waals surface area contributed by atoms with Gasteiger partial charge in [-0.25, -0.2) is 9.48 Å². The Balaban J connectivity index is 2.09. The van der Waals surface area contributed by atoms with Gasteiger partial charge in [0, 0.05) is 32.1 Å². The number of aromatic nitrogens is 2. The van der Waals surface area contributed by atoms with E-state index in [4.69, 9.17) is 14.6 Å². The van der Waals surface area contributed by atoms with Crippen LogP contribution in [0.3, 0.4) is 0 Å². The zero-order valence-electron chi connectivity index (χ0n) is 9.76. The molecular formula is C11H16N2O4. The fraction of sp³-hybridized carbons (Fsp3) is 0.636. The Morgan fingerprint density at radius 3 is 3.29 bits per heavy atom. The van der Waals surface area contributed by atoms with Crippen LogP contribution in [0.1, 0.15) is 30.3 Å². The molecule has 0 spiro atoms. The Bertz CT molecular complexity index is 402. The van der Waals surface area contributed by atoms with Crippen LogP contribution in [-0.4, -0.2) is 40.2 Å². The number of aliphatic hydroxyl groups is 1. The lowest BCUT2D eigenvalue weighted by Gasteiger charge is -2.23. The number of carbonyl (C=O) groups excluding carboxylic acids is 1. The number of aryl methyl sites for hydroxylation is 1. The number of fused-ring (bicyclic) bond motifs is 1. The van der Waals surface area contributed by atoms with Crippen LogP contribution in [0.4, 0.5) is 0 Å². The number of carbonyl (C=O) groups is 1. The van der Waals surface area contributed by atoms with Gasteiger partial charge in [-0.1, -0.05) is 0 Å². The SMILES string of the molecule is CCOC(=O)c1cc2n(n1)CCC(CCO)O2. The van der Waals surface area contributed by atoms with Gasteiger partial charge in [-0.2, -0.15) is 5.10 Å². The number of hydrogen-bond donors (Lipinski definition) is 1. The highest BCUT2D eigenvalue weighted by Gasteiger charge is 2.23. The monoisotopic (exact) mass is 240 g/mol. The quantitative estimate of drug-likeness (QED) is 0.780. The lowest BCUT2D eigenvalue weighted by Crippen LogP contribution is -2.26. The molecule has 0 aliphatic carbocycles. The standard InChI is InChI=1S/C11H16N2O4/c1-2-16-11(15)9-7-10-13(12-9)5-3-8(17-10)4-6-14/h7-8,14H,2-6H2,1H3. The third-order valence-electron chi connectivity index (χ3n) is 2.63. The highest BCUT2D eigenvalue weighted by Crippen LogP contribution is 2.23. The molecular weight excluding hydrogens is 224 g/mol. The predicted octanol–water partition coefficient (Wildman–Crippen LogP) is 0.593. The van der Waals surface area contributed by atoms with Gasteiger partial charge in [-0.15, -0.1) is 0 Å². The largest absolute Gasteiger partial charge is 0.474 e. The molecule has 0 saturated carbocycles. The van der Waals surface area contributed by atoms with Crippen molar-refractivity contribution in [2.45, 2.75) is 32.4 Å². The van der Waals surface area contributed by atoms with Crippen molar-refractivity contribution in [3.05, 3.63) is 11.8 Å². The van der Waals surface area contributed by atoms with E-state index in [2.05, 4.69) is 5.10 Å². The minimum Gasteiger partial charge on any atom is -0.474 e. The number of aliphatic hydroxyl groups excluding tert-OH is 1. The van der Waals surface area contributed by atoms with Gasteiger partial charge in [0.05, 0.1) is 6.61 Å². The number of esters is 1. The molecule has 1 atom stereocenters. The van der Waals surface area contributed by atoms with Crippen molar-refractivity contribution in [3.8, 4) is 5.88 Å². The maximum Gasteiger partial charge on any atom is 0.358 e. The van der Waals surface area contributed by atoms with Crippen LogP contribution in [0.2, 0.25) is 0 Å². The number of ether oxygens (including phenoxy) is 2. The molecule has 1 aliphatic rings. The van der Waals surface area contributed by atoms with Crippen molar-refractivity contribution in [2.24, 2.45) is 0 Å². The maximum absolute atomic E-state index is 11.5. The van der Waals surface area contributed by atoms with Gasteiger partial charge in [-0.05, 0) is 6.92 Å². The first-order chi connectivity index (χ1) is 8.24. The molecule has 0 fully saturated rings. The first-order valence-electron chi connectivity index (χ1n) is 5.77. The van der Waals surface area contributed by atoms with Crippen LogP contribution in [0.15, 0.2) is 6.07 Å². The van der Waals surface area contributed by atoms with Crippen molar-refractivity contribution >= 4 is 5.97 Å². The van der Waals surface area contributed by atoms with Crippen molar-refractivity contribution < 1.29 is 19.4 Å². The van der Waals surface area contributed by atoms with Crippen molar-refractivity contribution in [3.63, 3.8) is 0 Å².